The molecule has 0 aromatic carbocycles. The topological polar surface area (TPSA) is 21.7 Å². The molecule has 1 heterocycles. The molecule has 0 N–H and O–H groups in total. The van der Waals surface area contributed by atoms with Crippen LogP contribution in [0.4, 0.5) is 0 Å². The van der Waals surface area contributed by atoms with E-state index in [1.54, 1.807) is 7.11 Å². The molecule has 0 amide bonds. The Morgan fingerprint density at radius 2 is 2.46 bits per heavy atom. The highest BCUT2D eigenvalue weighted by Gasteiger charge is 2.20. The van der Waals surface area contributed by atoms with Gasteiger partial charge in [-0.05, 0) is 13.0 Å². The Labute approximate surface area is 80.3 Å². The molecule has 1 atom stereocenters. The SMILES string of the molecule is C=C(OC)N1CCOC(CCC)C1. The van der Waals surface area contributed by atoms with Crippen LogP contribution in [0.15, 0.2) is 12.5 Å². The summed E-state index contributed by atoms with van der Waals surface area (Å²) in [5.74, 6) is 0.754. The standard InChI is InChI=1S/C10H19NO2/c1-4-5-10-8-11(6-7-13-10)9(2)12-3/h10H,2,4-8H2,1,3H3. The number of ether oxygens (including phenoxy) is 2. The van der Waals surface area contributed by atoms with E-state index < -0.39 is 0 Å². The van der Waals surface area contributed by atoms with Gasteiger partial charge in [0.25, 0.3) is 0 Å². The second-order valence-electron chi connectivity index (χ2n) is 3.33. The van der Waals surface area contributed by atoms with E-state index in [1.807, 2.05) is 0 Å². The van der Waals surface area contributed by atoms with Gasteiger partial charge in [-0.3, -0.25) is 0 Å². The highest BCUT2D eigenvalue weighted by atomic mass is 16.5. The van der Waals surface area contributed by atoms with Gasteiger partial charge < -0.3 is 14.4 Å². The van der Waals surface area contributed by atoms with Gasteiger partial charge in [0.05, 0.1) is 19.8 Å². The van der Waals surface area contributed by atoms with Gasteiger partial charge in [-0.15, -0.1) is 0 Å². The zero-order valence-corrected chi connectivity index (χ0v) is 8.58. The first-order valence-electron chi connectivity index (χ1n) is 4.87. The summed E-state index contributed by atoms with van der Waals surface area (Å²) < 4.78 is 10.7. The van der Waals surface area contributed by atoms with Crippen LogP contribution >= 0.6 is 0 Å². The average Bonchev–Trinajstić information content (AvgIpc) is 2.18. The molecule has 1 aliphatic rings. The number of hydrogen-bond donors (Lipinski definition) is 0. The van der Waals surface area contributed by atoms with E-state index in [9.17, 15) is 0 Å². The predicted molar refractivity (Wildman–Crippen MR) is 52.4 cm³/mol. The van der Waals surface area contributed by atoms with Crippen LogP contribution in [0.3, 0.4) is 0 Å². The van der Waals surface area contributed by atoms with Crippen molar-refractivity contribution in [2.45, 2.75) is 25.9 Å². The quantitative estimate of drug-likeness (QED) is 0.621. The summed E-state index contributed by atoms with van der Waals surface area (Å²) in [5.41, 5.74) is 0. The van der Waals surface area contributed by atoms with Crippen LogP contribution in [0.5, 0.6) is 0 Å². The molecule has 1 fully saturated rings. The molecular formula is C10H19NO2. The summed E-state index contributed by atoms with van der Waals surface area (Å²) in [4.78, 5) is 2.14. The van der Waals surface area contributed by atoms with Crippen molar-refractivity contribution in [2.75, 3.05) is 26.8 Å². The first kappa shape index (κ1) is 10.4. The minimum absolute atomic E-state index is 0.352. The lowest BCUT2D eigenvalue weighted by atomic mass is 10.2. The summed E-state index contributed by atoms with van der Waals surface area (Å²) >= 11 is 0. The van der Waals surface area contributed by atoms with Crippen LogP contribution in [0.25, 0.3) is 0 Å². The lowest BCUT2D eigenvalue weighted by molar-refractivity contribution is -0.0380. The van der Waals surface area contributed by atoms with Crippen LogP contribution in [0.1, 0.15) is 19.8 Å². The van der Waals surface area contributed by atoms with Crippen molar-refractivity contribution in [3.63, 3.8) is 0 Å². The first-order chi connectivity index (χ1) is 6.27. The highest BCUT2D eigenvalue weighted by Crippen LogP contribution is 2.13. The van der Waals surface area contributed by atoms with Gasteiger partial charge >= 0.3 is 0 Å². The third kappa shape index (κ3) is 2.92. The fourth-order valence-corrected chi connectivity index (χ4v) is 1.57. The van der Waals surface area contributed by atoms with Crippen LogP contribution in [-0.2, 0) is 9.47 Å². The fraction of sp³-hybridized carbons (Fsp3) is 0.800. The monoisotopic (exact) mass is 185 g/mol. The minimum atomic E-state index is 0.352. The maximum atomic E-state index is 5.60. The van der Waals surface area contributed by atoms with E-state index in [2.05, 4.69) is 18.4 Å². The summed E-state index contributed by atoms with van der Waals surface area (Å²) in [6.45, 7) is 8.61. The molecule has 76 valence electrons. The minimum Gasteiger partial charge on any atom is -0.483 e. The lowest BCUT2D eigenvalue weighted by Crippen LogP contribution is -2.41. The zero-order chi connectivity index (χ0) is 9.68. The van der Waals surface area contributed by atoms with Gasteiger partial charge in [0, 0.05) is 13.1 Å². The molecule has 0 aliphatic carbocycles. The maximum Gasteiger partial charge on any atom is 0.181 e. The number of hydrogen-bond acceptors (Lipinski definition) is 3. The molecule has 0 aromatic rings. The Bertz CT molecular complexity index is 168. The number of nitrogens with zero attached hydrogens (tertiary/aromatic N) is 1. The summed E-state index contributed by atoms with van der Waals surface area (Å²) in [6.07, 6.45) is 2.64. The molecule has 0 aromatic heterocycles. The molecule has 0 saturated carbocycles. The van der Waals surface area contributed by atoms with Gasteiger partial charge in [0.15, 0.2) is 5.88 Å². The Hall–Kier alpha value is -0.700. The molecule has 1 saturated heterocycles. The zero-order valence-electron chi connectivity index (χ0n) is 8.58. The van der Waals surface area contributed by atoms with Gasteiger partial charge in [-0.1, -0.05) is 13.3 Å². The van der Waals surface area contributed by atoms with Crippen molar-refractivity contribution in [1.82, 2.24) is 4.90 Å². The Kier molecular flexibility index (Phi) is 4.09. The van der Waals surface area contributed by atoms with Gasteiger partial charge in [0.1, 0.15) is 0 Å². The number of methoxy groups -OCH3 is 1. The molecule has 1 rings (SSSR count). The van der Waals surface area contributed by atoms with Gasteiger partial charge in [0.2, 0.25) is 0 Å². The second kappa shape index (κ2) is 5.12. The van der Waals surface area contributed by atoms with Crippen LogP contribution in [0, 0.1) is 0 Å². The summed E-state index contributed by atoms with van der Waals surface area (Å²) in [5, 5.41) is 0. The molecule has 13 heavy (non-hydrogen) atoms. The Morgan fingerprint density at radius 3 is 3.08 bits per heavy atom. The normalized spacial score (nSPS) is 22.9. The van der Waals surface area contributed by atoms with Gasteiger partial charge in [-0.2, -0.15) is 0 Å². The third-order valence-corrected chi connectivity index (χ3v) is 2.34. The smallest absolute Gasteiger partial charge is 0.181 e. The van der Waals surface area contributed by atoms with E-state index >= 15 is 0 Å². The molecule has 1 unspecified atom stereocenters. The number of rotatable bonds is 4. The Morgan fingerprint density at radius 1 is 1.69 bits per heavy atom. The maximum absolute atomic E-state index is 5.60. The van der Waals surface area contributed by atoms with E-state index in [0.717, 1.165) is 38.4 Å². The van der Waals surface area contributed by atoms with E-state index in [0.29, 0.717) is 6.10 Å². The van der Waals surface area contributed by atoms with Crippen molar-refractivity contribution < 1.29 is 9.47 Å². The summed E-state index contributed by atoms with van der Waals surface area (Å²) in [6, 6.07) is 0. The molecule has 0 radical (unpaired) electrons. The Balaban J connectivity index is 2.37. The van der Waals surface area contributed by atoms with Crippen molar-refractivity contribution in [2.24, 2.45) is 0 Å². The van der Waals surface area contributed by atoms with Crippen LogP contribution in [-0.4, -0.2) is 37.8 Å². The average molecular weight is 185 g/mol. The molecule has 3 nitrogen and oxygen atoms in total. The van der Waals surface area contributed by atoms with Crippen molar-refractivity contribution in [3.05, 3.63) is 12.5 Å². The van der Waals surface area contributed by atoms with Crippen molar-refractivity contribution in [3.8, 4) is 0 Å². The third-order valence-electron chi connectivity index (χ3n) is 2.34. The fourth-order valence-electron chi connectivity index (χ4n) is 1.57. The molecule has 0 bridgehead atoms. The molecule has 3 heteroatoms. The van der Waals surface area contributed by atoms with Crippen LogP contribution < -0.4 is 0 Å². The predicted octanol–water partition coefficient (Wildman–Crippen LogP) is 1.60. The van der Waals surface area contributed by atoms with Crippen LogP contribution in [0.2, 0.25) is 0 Å². The second-order valence-corrected chi connectivity index (χ2v) is 3.33. The number of morpholine rings is 1. The van der Waals surface area contributed by atoms with Crippen molar-refractivity contribution in [1.29, 1.82) is 0 Å². The van der Waals surface area contributed by atoms with Crippen molar-refractivity contribution >= 4 is 0 Å². The molecule has 1 aliphatic heterocycles. The van der Waals surface area contributed by atoms with E-state index in [-0.39, 0.29) is 0 Å². The van der Waals surface area contributed by atoms with Gasteiger partial charge in [-0.25, -0.2) is 0 Å². The first-order valence-corrected chi connectivity index (χ1v) is 4.87. The molecule has 0 spiro atoms. The van der Waals surface area contributed by atoms with E-state index in [1.165, 1.54) is 0 Å². The lowest BCUT2D eigenvalue weighted by Gasteiger charge is -2.34. The largest absolute Gasteiger partial charge is 0.483 e. The summed E-state index contributed by atoms with van der Waals surface area (Å²) in [7, 11) is 1.66. The molecular weight excluding hydrogens is 166 g/mol. The van der Waals surface area contributed by atoms with E-state index in [4.69, 9.17) is 9.47 Å². The highest BCUT2D eigenvalue weighted by molar-refractivity contribution is 4.86.